The summed E-state index contributed by atoms with van der Waals surface area (Å²) in [7, 11) is 2.17. The fourth-order valence-electron chi connectivity index (χ4n) is 1.97. The molecule has 1 aromatic carbocycles. The van der Waals surface area contributed by atoms with Crippen LogP contribution in [0.25, 0.3) is 5.57 Å². The van der Waals surface area contributed by atoms with E-state index < -0.39 is 0 Å². The van der Waals surface area contributed by atoms with E-state index in [1.807, 2.05) is 0 Å². The average molecular weight is 201 g/mol. The lowest BCUT2D eigenvalue weighted by Crippen LogP contribution is -2.23. The van der Waals surface area contributed by atoms with Crippen molar-refractivity contribution in [2.45, 2.75) is 20.3 Å². The first kappa shape index (κ1) is 10.4. The highest BCUT2D eigenvalue weighted by Crippen LogP contribution is 2.23. The van der Waals surface area contributed by atoms with Gasteiger partial charge in [0, 0.05) is 13.1 Å². The van der Waals surface area contributed by atoms with E-state index in [-0.39, 0.29) is 0 Å². The SMILES string of the molecule is Cc1ccc(C2=CCN(C)CC2)cc1C. The second kappa shape index (κ2) is 4.19. The van der Waals surface area contributed by atoms with Gasteiger partial charge in [0.25, 0.3) is 0 Å². The maximum atomic E-state index is 2.35. The monoisotopic (exact) mass is 201 g/mol. The van der Waals surface area contributed by atoms with Gasteiger partial charge in [-0.1, -0.05) is 24.3 Å². The van der Waals surface area contributed by atoms with E-state index in [1.54, 1.807) is 0 Å². The Morgan fingerprint density at radius 2 is 1.93 bits per heavy atom. The van der Waals surface area contributed by atoms with Crippen LogP contribution in [0, 0.1) is 13.8 Å². The normalized spacial score (nSPS) is 17.7. The van der Waals surface area contributed by atoms with Crippen molar-refractivity contribution in [3.05, 3.63) is 41.0 Å². The zero-order chi connectivity index (χ0) is 10.8. The molecule has 1 nitrogen and oxygen atoms in total. The zero-order valence-electron chi connectivity index (χ0n) is 9.88. The third kappa shape index (κ3) is 2.29. The molecule has 0 fully saturated rings. The second-order valence-electron chi connectivity index (χ2n) is 4.54. The summed E-state index contributed by atoms with van der Waals surface area (Å²) in [4.78, 5) is 2.35. The number of benzene rings is 1. The molecule has 0 unspecified atom stereocenters. The van der Waals surface area contributed by atoms with Gasteiger partial charge < -0.3 is 4.90 Å². The second-order valence-corrected chi connectivity index (χ2v) is 4.54. The molecule has 0 N–H and O–H groups in total. The Bertz CT molecular complexity index is 390. The van der Waals surface area contributed by atoms with Crippen LogP contribution in [0.15, 0.2) is 24.3 Å². The van der Waals surface area contributed by atoms with Gasteiger partial charge in [0.2, 0.25) is 0 Å². The zero-order valence-corrected chi connectivity index (χ0v) is 9.88. The van der Waals surface area contributed by atoms with Gasteiger partial charge >= 0.3 is 0 Å². The molecule has 1 aliphatic heterocycles. The van der Waals surface area contributed by atoms with Gasteiger partial charge in [-0.15, -0.1) is 0 Å². The minimum atomic E-state index is 1.09. The van der Waals surface area contributed by atoms with Crippen LogP contribution in [-0.2, 0) is 0 Å². The van der Waals surface area contributed by atoms with Crippen LogP contribution in [0.3, 0.4) is 0 Å². The number of hydrogen-bond donors (Lipinski definition) is 0. The number of likely N-dealkylation sites (N-methyl/N-ethyl adjacent to an activating group) is 1. The van der Waals surface area contributed by atoms with E-state index in [0.29, 0.717) is 0 Å². The summed E-state index contributed by atoms with van der Waals surface area (Å²) < 4.78 is 0. The molecule has 0 saturated carbocycles. The highest BCUT2D eigenvalue weighted by molar-refractivity contribution is 5.67. The molecule has 15 heavy (non-hydrogen) atoms. The number of aryl methyl sites for hydroxylation is 2. The van der Waals surface area contributed by atoms with Crippen LogP contribution in [-0.4, -0.2) is 25.0 Å². The molecule has 0 aliphatic carbocycles. The Hall–Kier alpha value is -1.08. The lowest BCUT2D eigenvalue weighted by Gasteiger charge is -2.22. The molecule has 0 amide bonds. The largest absolute Gasteiger partial charge is 0.302 e. The molecule has 0 radical (unpaired) electrons. The van der Waals surface area contributed by atoms with E-state index in [2.05, 4.69) is 50.1 Å². The summed E-state index contributed by atoms with van der Waals surface area (Å²) in [5, 5.41) is 0. The molecule has 1 heterocycles. The van der Waals surface area contributed by atoms with E-state index >= 15 is 0 Å². The number of nitrogens with zero attached hydrogens (tertiary/aromatic N) is 1. The minimum Gasteiger partial charge on any atom is -0.302 e. The van der Waals surface area contributed by atoms with Crippen molar-refractivity contribution < 1.29 is 0 Å². The topological polar surface area (TPSA) is 3.24 Å². The summed E-state index contributed by atoms with van der Waals surface area (Å²) in [6.45, 7) is 6.62. The summed E-state index contributed by atoms with van der Waals surface area (Å²) in [6.07, 6.45) is 3.53. The Kier molecular flexibility index (Phi) is 2.92. The fraction of sp³-hybridized carbons (Fsp3) is 0.429. The van der Waals surface area contributed by atoms with Crippen molar-refractivity contribution in [3.8, 4) is 0 Å². The van der Waals surface area contributed by atoms with Crippen LogP contribution in [0.2, 0.25) is 0 Å². The molecule has 0 aromatic heterocycles. The molecule has 1 heteroatoms. The fourth-order valence-corrected chi connectivity index (χ4v) is 1.97. The van der Waals surface area contributed by atoms with Gasteiger partial charge in [-0.3, -0.25) is 0 Å². The van der Waals surface area contributed by atoms with Crippen LogP contribution in [0.4, 0.5) is 0 Å². The molecule has 1 aliphatic rings. The molecular formula is C14H19N. The van der Waals surface area contributed by atoms with Crippen molar-refractivity contribution in [2.75, 3.05) is 20.1 Å². The summed E-state index contributed by atoms with van der Waals surface area (Å²) in [5.74, 6) is 0. The molecule has 80 valence electrons. The van der Waals surface area contributed by atoms with Crippen molar-refractivity contribution >= 4 is 5.57 Å². The Labute approximate surface area is 92.4 Å². The molecule has 1 aromatic rings. The van der Waals surface area contributed by atoms with Crippen LogP contribution < -0.4 is 0 Å². The molecule has 0 spiro atoms. The van der Waals surface area contributed by atoms with Crippen molar-refractivity contribution in [1.29, 1.82) is 0 Å². The lowest BCUT2D eigenvalue weighted by molar-refractivity contribution is 0.370. The average Bonchev–Trinajstić information content (AvgIpc) is 2.23. The van der Waals surface area contributed by atoms with Crippen molar-refractivity contribution in [1.82, 2.24) is 4.90 Å². The van der Waals surface area contributed by atoms with Gasteiger partial charge in [0.1, 0.15) is 0 Å². The maximum absolute atomic E-state index is 2.35. The predicted octanol–water partition coefficient (Wildman–Crippen LogP) is 3.02. The molecule has 2 rings (SSSR count). The van der Waals surface area contributed by atoms with Crippen LogP contribution in [0.1, 0.15) is 23.1 Å². The number of hydrogen-bond acceptors (Lipinski definition) is 1. The van der Waals surface area contributed by atoms with E-state index in [1.165, 1.54) is 35.2 Å². The Morgan fingerprint density at radius 3 is 2.53 bits per heavy atom. The minimum absolute atomic E-state index is 1.09. The quantitative estimate of drug-likeness (QED) is 0.675. The van der Waals surface area contributed by atoms with Gasteiger partial charge in [-0.05, 0) is 49.6 Å². The first-order valence-electron chi connectivity index (χ1n) is 5.62. The maximum Gasteiger partial charge on any atom is 0.0166 e. The van der Waals surface area contributed by atoms with Gasteiger partial charge in [0.15, 0.2) is 0 Å². The van der Waals surface area contributed by atoms with E-state index in [0.717, 1.165) is 6.54 Å². The Morgan fingerprint density at radius 1 is 1.13 bits per heavy atom. The van der Waals surface area contributed by atoms with Crippen molar-refractivity contribution in [2.24, 2.45) is 0 Å². The van der Waals surface area contributed by atoms with Crippen LogP contribution in [0.5, 0.6) is 0 Å². The summed E-state index contributed by atoms with van der Waals surface area (Å²) >= 11 is 0. The third-order valence-electron chi connectivity index (χ3n) is 3.29. The number of rotatable bonds is 1. The third-order valence-corrected chi connectivity index (χ3v) is 3.29. The van der Waals surface area contributed by atoms with E-state index in [4.69, 9.17) is 0 Å². The molecule has 0 saturated heterocycles. The Balaban J connectivity index is 2.26. The first-order chi connectivity index (χ1) is 7.16. The molecule has 0 atom stereocenters. The summed E-state index contributed by atoms with van der Waals surface area (Å²) in [5.41, 5.74) is 5.70. The smallest absolute Gasteiger partial charge is 0.0166 e. The van der Waals surface area contributed by atoms with Gasteiger partial charge in [0.05, 0.1) is 0 Å². The van der Waals surface area contributed by atoms with Crippen LogP contribution >= 0.6 is 0 Å². The van der Waals surface area contributed by atoms with Gasteiger partial charge in [-0.2, -0.15) is 0 Å². The van der Waals surface area contributed by atoms with Gasteiger partial charge in [-0.25, -0.2) is 0 Å². The highest BCUT2D eigenvalue weighted by atomic mass is 15.1. The predicted molar refractivity (Wildman–Crippen MR) is 66.0 cm³/mol. The highest BCUT2D eigenvalue weighted by Gasteiger charge is 2.09. The van der Waals surface area contributed by atoms with E-state index in [9.17, 15) is 0 Å². The standard InChI is InChI=1S/C14H19N/c1-11-4-5-14(10-12(11)2)13-6-8-15(3)9-7-13/h4-6,10H,7-9H2,1-3H3. The lowest BCUT2D eigenvalue weighted by atomic mass is 9.96. The first-order valence-corrected chi connectivity index (χ1v) is 5.62. The van der Waals surface area contributed by atoms with Crippen molar-refractivity contribution in [3.63, 3.8) is 0 Å². The molecule has 0 bridgehead atoms. The summed E-state index contributed by atoms with van der Waals surface area (Å²) in [6, 6.07) is 6.79. The molecular weight excluding hydrogens is 182 g/mol.